The van der Waals surface area contributed by atoms with Crippen LogP contribution in [0.25, 0.3) is 83.6 Å². The maximum Gasteiger partial charge on any atom is 0.124 e. The van der Waals surface area contributed by atoms with Crippen molar-refractivity contribution in [2.45, 2.75) is 79.4 Å². The second-order valence-corrected chi connectivity index (χ2v) is 18.2. The molecule has 0 amide bonds. The topological polar surface area (TPSA) is 43.9 Å². The molecule has 6 heteroatoms. The Morgan fingerprint density at radius 3 is 2.00 bits per heavy atom. The Kier molecular flexibility index (Phi) is 11.0. The third-order valence-electron chi connectivity index (χ3n) is 12.0. The van der Waals surface area contributed by atoms with E-state index in [0.29, 0.717) is 44.9 Å². The molecule has 0 aliphatic rings. The molecule has 0 bridgehead atoms. The van der Waals surface area contributed by atoms with E-state index in [1.54, 1.807) is 12.1 Å². The van der Waals surface area contributed by atoms with Crippen molar-refractivity contribution >= 4 is 33.0 Å². The molecule has 10 rings (SSSR count). The first-order chi connectivity index (χ1) is 33.7. The van der Waals surface area contributed by atoms with E-state index in [0.717, 1.165) is 33.1 Å². The molecule has 66 heavy (non-hydrogen) atoms. The van der Waals surface area contributed by atoms with E-state index in [1.807, 2.05) is 99.6 Å². The summed E-state index contributed by atoms with van der Waals surface area (Å²) in [5, 5.41) is 1.58. The number of furan rings is 1. The van der Waals surface area contributed by atoms with Crippen LogP contribution in [0.4, 0.5) is 4.39 Å². The predicted octanol–water partition coefficient (Wildman–Crippen LogP) is 16.6. The second-order valence-electron chi connectivity index (χ2n) is 18.2. The van der Waals surface area contributed by atoms with Gasteiger partial charge < -0.3 is 14.0 Å². The van der Waals surface area contributed by atoms with Crippen molar-refractivity contribution in [2.75, 3.05) is 0 Å². The average molecular weight is 1050 g/mol. The van der Waals surface area contributed by atoms with Crippen molar-refractivity contribution in [3.05, 3.63) is 198 Å². The van der Waals surface area contributed by atoms with Gasteiger partial charge in [-0.15, -0.1) is 48.0 Å². The fraction of sp³-hybridized carbons (Fsp3) is 0.200. The summed E-state index contributed by atoms with van der Waals surface area (Å²) in [4.78, 5) is 9.46. The van der Waals surface area contributed by atoms with Gasteiger partial charge in [0, 0.05) is 51.4 Å². The van der Waals surface area contributed by atoms with Gasteiger partial charge in [0.1, 0.15) is 5.58 Å². The number of imidazole rings is 1. The zero-order valence-corrected chi connectivity index (χ0v) is 40.4. The number of nitrogens with zero attached hydrogens (tertiary/aromatic N) is 3. The first kappa shape index (κ1) is 38.8. The summed E-state index contributed by atoms with van der Waals surface area (Å²) < 4.78 is 70.7. The number of aryl methyl sites for hydroxylation is 2. The van der Waals surface area contributed by atoms with Crippen molar-refractivity contribution in [2.24, 2.45) is 0 Å². The smallest absolute Gasteiger partial charge is 0.124 e. The quantitative estimate of drug-likeness (QED) is 0.149. The van der Waals surface area contributed by atoms with Crippen LogP contribution < -0.4 is 0 Å². The molecule has 3 heterocycles. The van der Waals surface area contributed by atoms with Crippen LogP contribution in [-0.2, 0) is 25.5 Å². The van der Waals surface area contributed by atoms with Crippen LogP contribution in [0.2, 0.25) is 0 Å². The summed E-state index contributed by atoms with van der Waals surface area (Å²) in [7, 11) is 0. The Labute approximate surface area is 410 Å². The minimum Gasteiger partial charge on any atom is -0.500 e. The SMILES string of the molecule is [2H]C([2H])([2H])c1c(-c2ccccc2)ccc2c1oc1c(-c3nc4ccccc4n3-c3c(C(C)C)cc(-c4ccccc4)cc3C(C)C)[c-]ccc12.[2H]C([2H])([2H])c1cnc(-c2[c-]cc(F)cc2)cc1C(C)(C)C.[Ir]. The number of hydrogen-bond acceptors (Lipinski definition) is 3. The zero-order valence-electron chi connectivity index (χ0n) is 44.0. The van der Waals surface area contributed by atoms with Crippen molar-refractivity contribution in [1.29, 1.82) is 0 Å². The van der Waals surface area contributed by atoms with Crippen LogP contribution in [0.15, 0.2) is 156 Å². The average Bonchev–Trinajstić information content (AvgIpc) is 3.92. The monoisotopic (exact) mass is 1050 g/mol. The summed E-state index contributed by atoms with van der Waals surface area (Å²) in [6.07, 6.45) is 1.39. The Bertz CT molecular complexity index is 3530. The number of fused-ring (bicyclic) bond motifs is 4. The molecule has 0 aliphatic carbocycles. The van der Waals surface area contributed by atoms with Gasteiger partial charge in [0.15, 0.2) is 0 Å². The number of rotatable bonds is 7. The van der Waals surface area contributed by atoms with E-state index in [4.69, 9.17) is 17.6 Å². The molecule has 3 aromatic heterocycles. The molecule has 0 fully saturated rings. The standard InChI is InChI=1S/C44H37N2O.C16H17FN.Ir/c1-27(2)37-25-32(30-15-8-6-9-16-30)26-38(28(3)4)41(37)46-40-22-13-12-21-39(40)45-44(46)36-20-14-19-34-35-24-23-33(31-17-10-7-11-18-31)29(5)42(35)47-43(34)36;1-11-10-18-15(9-14(11)16(2,3)4)12-5-7-13(17)8-6-12;/h6-19,21-28H,1-5H3;5,7-10H,1-4H3;/q2*-1;/i5D3;1D3;. The third kappa shape index (κ3) is 8.80. The van der Waals surface area contributed by atoms with Crippen LogP contribution >= 0.6 is 0 Å². The molecular weight excluding hydrogens is 990 g/mol. The summed E-state index contributed by atoms with van der Waals surface area (Å²) >= 11 is 0. The van der Waals surface area contributed by atoms with E-state index >= 15 is 0 Å². The fourth-order valence-corrected chi connectivity index (χ4v) is 8.65. The maximum atomic E-state index is 13.0. The summed E-state index contributed by atoms with van der Waals surface area (Å²) in [6, 6.07) is 52.9. The van der Waals surface area contributed by atoms with E-state index in [-0.39, 0.29) is 54.3 Å². The van der Waals surface area contributed by atoms with Gasteiger partial charge in [-0.2, -0.15) is 0 Å². The van der Waals surface area contributed by atoms with Crippen LogP contribution in [0.3, 0.4) is 0 Å². The summed E-state index contributed by atoms with van der Waals surface area (Å²) in [5.41, 5.74) is 12.9. The van der Waals surface area contributed by atoms with Crippen molar-refractivity contribution < 1.29 is 37.1 Å². The molecule has 7 aromatic carbocycles. The van der Waals surface area contributed by atoms with Crippen LogP contribution in [0, 0.1) is 31.7 Å². The molecule has 4 nitrogen and oxygen atoms in total. The predicted molar refractivity (Wildman–Crippen MR) is 268 cm³/mol. The molecule has 333 valence electrons. The van der Waals surface area contributed by atoms with Gasteiger partial charge in [0.25, 0.3) is 0 Å². The fourth-order valence-electron chi connectivity index (χ4n) is 8.65. The van der Waals surface area contributed by atoms with Gasteiger partial charge in [-0.25, -0.2) is 0 Å². The molecule has 1 radical (unpaired) electrons. The molecule has 0 spiro atoms. The van der Waals surface area contributed by atoms with Gasteiger partial charge in [-0.3, -0.25) is 9.37 Å². The van der Waals surface area contributed by atoms with Crippen molar-refractivity contribution in [3.63, 3.8) is 0 Å². The molecular formula is C60H54FIrN3O-2. The largest absolute Gasteiger partial charge is 0.500 e. The number of para-hydroxylation sites is 2. The van der Waals surface area contributed by atoms with Gasteiger partial charge in [-0.1, -0.05) is 150 Å². The van der Waals surface area contributed by atoms with E-state index in [1.165, 1.54) is 40.6 Å². The third-order valence-corrected chi connectivity index (χ3v) is 12.0. The summed E-state index contributed by atoms with van der Waals surface area (Å²) in [6.45, 7) is 10.2. The molecule has 10 aromatic rings. The Morgan fingerprint density at radius 1 is 0.697 bits per heavy atom. The zero-order chi connectivity index (χ0) is 50.6. The van der Waals surface area contributed by atoms with Crippen LogP contribution in [0.1, 0.15) is 96.3 Å². The van der Waals surface area contributed by atoms with Crippen molar-refractivity contribution in [3.8, 4) is 50.6 Å². The van der Waals surface area contributed by atoms with Crippen molar-refractivity contribution in [1.82, 2.24) is 14.5 Å². The number of hydrogen-bond donors (Lipinski definition) is 0. The van der Waals surface area contributed by atoms with Gasteiger partial charge in [0.05, 0.1) is 22.4 Å². The van der Waals surface area contributed by atoms with Gasteiger partial charge in [0.2, 0.25) is 0 Å². The molecule has 0 saturated heterocycles. The minimum atomic E-state index is -2.41. The van der Waals surface area contributed by atoms with E-state index in [9.17, 15) is 4.39 Å². The first-order valence-electron chi connectivity index (χ1n) is 25.1. The Balaban J connectivity index is 0.000000265. The summed E-state index contributed by atoms with van der Waals surface area (Å²) in [5.74, 6) is 0.758. The minimum absolute atomic E-state index is 0. The number of aromatic nitrogens is 3. The van der Waals surface area contributed by atoms with Crippen LogP contribution in [-0.4, -0.2) is 14.5 Å². The van der Waals surface area contributed by atoms with Gasteiger partial charge in [-0.05, 0) is 111 Å². The Morgan fingerprint density at radius 2 is 1.36 bits per heavy atom. The van der Waals surface area contributed by atoms with E-state index < -0.39 is 13.7 Å². The normalized spacial score (nSPS) is 13.4. The van der Waals surface area contributed by atoms with Crippen LogP contribution in [0.5, 0.6) is 0 Å². The molecule has 0 atom stereocenters. The second kappa shape index (κ2) is 18.8. The van der Waals surface area contributed by atoms with Gasteiger partial charge >= 0.3 is 0 Å². The molecule has 0 unspecified atom stereocenters. The molecule has 0 saturated carbocycles. The number of benzene rings is 7. The number of pyridine rings is 1. The maximum absolute atomic E-state index is 13.0. The van der Waals surface area contributed by atoms with E-state index in [2.05, 4.69) is 91.8 Å². The molecule has 0 aliphatic heterocycles. The Hall–Kier alpha value is -6.46. The number of halogens is 1. The first-order valence-corrected chi connectivity index (χ1v) is 22.1. The molecule has 0 N–H and O–H groups in total.